The predicted octanol–water partition coefficient (Wildman–Crippen LogP) is 5.04. The number of carbonyl (C=O) groups is 2. The summed E-state index contributed by atoms with van der Waals surface area (Å²) in [6.07, 6.45) is 0.881. The molecule has 1 saturated carbocycles. The maximum Gasteiger partial charge on any atom is 0.407 e. The van der Waals surface area contributed by atoms with E-state index in [1.807, 2.05) is 97.9 Å². The van der Waals surface area contributed by atoms with Gasteiger partial charge in [0, 0.05) is 5.92 Å². The number of nitrogens with one attached hydrogen (secondary N) is 2. The summed E-state index contributed by atoms with van der Waals surface area (Å²) < 4.78 is 5.51. The third-order valence-electron chi connectivity index (χ3n) is 7.52. The van der Waals surface area contributed by atoms with Crippen molar-refractivity contribution in [2.75, 3.05) is 6.61 Å². The zero-order valence-corrected chi connectivity index (χ0v) is 21.5. The molecule has 3 N–H and O–H groups in total. The summed E-state index contributed by atoms with van der Waals surface area (Å²) in [5.74, 6) is -0.284. The molecule has 0 aromatic heterocycles. The maximum atomic E-state index is 13.2. The molecule has 1 aliphatic rings. The SMILES string of the molecule is C[C@@H](C(=O)N[C@@H](CO)Cc1ccccc1)[C@@H]1C[C@@]1(C)[C@@H](NC(=O)OCc1ccccc1)c1ccccc1. The average Bonchev–Trinajstić information content (AvgIpc) is 3.63. The van der Waals surface area contributed by atoms with E-state index >= 15 is 0 Å². The van der Waals surface area contributed by atoms with Gasteiger partial charge >= 0.3 is 6.09 Å². The van der Waals surface area contributed by atoms with Gasteiger partial charge in [-0.25, -0.2) is 4.79 Å². The van der Waals surface area contributed by atoms with Crippen LogP contribution in [0, 0.1) is 17.3 Å². The molecule has 5 atom stereocenters. The normalized spacial score (nSPS) is 20.8. The first kappa shape index (κ1) is 26.4. The minimum Gasteiger partial charge on any atom is -0.445 e. The molecule has 6 heteroatoms. The van der Waals surface area contributed by atoms with Gasteiger partial charge in [0.15, 0.2) is 0 Å². The number of aliphatic hydroxyl groups excluding tert-OH is 1. The van der Waals surface area contributed by atoms with Crippen LogP contribution in [0.2, 0.25) is 0 Å². The molecule has 0 spiro atoms. The summed E-state index contributed by atoms with van der Waals surface area (Å²) in [5.41, 5.74) is 2.66. The molecule has 1 fully saturated rings. The molecule has 0 aliphatic heterocycles. The third-order valence-corrected chi connectivity index (χ3v) is 7.52. The van der Waals surface area contributed by atoms with Crippen LogP contribution in [0.3, 0.4) is 0 Å². The smallest absolute Gasteiger partial charge is 0.407 e. The van der Waals surface area contributed by atoms with Gasteiger partial charge in [-0.1, -0.05) is 105 Å². The molecule has 6 nitrogen and oxygen atoms in total. The Morgan fingerprint density at radius 1 is 0.919 bits per heavy atom. The van der Waals surface area contributed by atoms with Crippen LogP contribution in [0.1, 0.15) is 43.0 Å². The van der Waals surface area contributed by atoms with E-state index in [1.54, 1.807) is 0 Å². The summed E-state index contributed by atoms with van der Waals surface area (Å²) in [6.45, 7) is 4.11. The van der Waals surface area contributed by atoms with Crippen molar-refractivity contribution >= 4 is 12.0 Å². The molecule has 0 unspecified atom stereocenters. The van der Waals surface area contributed by atoms with Crippen molar-refractivity contribution in [2.45, 2.75) is 45.4 Å². The standard InChI is InChI=1S/C31H36N2O4/c1-22(29(35)32-26(20-34)18-23-12-6-3-7-13-23)27-19-31(27,2)28(25-16-10-5-11-17-25)33-30(36)37-21-24-14-8-4-9-15-24/h3-17,22,26-28,34H,18-21H2,1-2H3,(H,32,35)(H,33,36)/t22-,26-,27+,28+,31-/m1/s1. The average molecular weight is 501 g/mol. The quantitative estimate of drug-likeness (QED) is 0.344. The first-order chi connectivity index (χ1) is 17.9. The second-order valence-electron chi connectivity index (χ2n) is 10.2. The Labute approximate surface area is 219 Å². The summed E-state index contributed by atoms with van der Waals surface area (Å²) in [4.78, 5) is 26.0. The van der Waals surface area contributed by atoms with E-state index in [-0.39, 0.29) is 48.5 Å². The molecule has 2 amide bonds. The van der Waals surface area contributed by atoms with Crippen molar-refractivity contribution in [3.05, 3.63) is 108 Å². The van der Waals surface area contributed by atoms with Gasteiger partial charge in [0.05, 0.1) is 18.7 Å². The summed E-state index contributed by atoms with van der Waals surface area (Å²) in [6, 6.07) is 28.6. The zero-order valence-electron chi connectivity index (χ0n) is 21.5. The van der Waals surface area contributed by atoms with Gasteiger partial charge in [0.25, 0.3) is 0 Å². The van der Waals surface area contributed by atoms with E-state index in [2.05, 4.69) is 17.6 Å². The molecule has 3 aromatic rings. The van der Waals surface area contributed by atoms with Crippen LogP contribution in [-0.2, 0) is 22.6 Å². The summed E-state index contributed by atoms with van der Waals surface area (Å²) in [5, 5.41) is 16.0. The number of alkyl carbamates (subject to hydrolysis) is 1. The fourth-order valence-electron chi connectivity index (χ4n) is 5.23. The van der Waals surface area contributed by atoms with Gasteiger partial charge in [0.2, 0.25) is 5.91 Å². The van der Waals surface area contributed by atoms with Crippen LogP contribution >= 0.6 is 0 Å². The number of benzene rings is 3. The van der Waals surface area contributed by atoms with Crippen LogP contribution < -0.4 is 10.6 Å². The van der Waals surface area contributed by atoms with Crippen molar-refractivity contribution in [1.29, 1.82) is 0 Å². The second-order valence-corrected chi connectivity index (χ2v) is 10.2. The van der Waals surface area contributed by atoms with Crippen molar-refractivity contribution in [3.63, 3.8) is 0 Å². The lowest BCUT2D eigenvalue weighted by molar-refractivity contribution is -0.126. The Hall–Kier alpha value is -3.64. The Morgan fingerprint density at radius 2 is 1.49 bits per heavy atom. The molecule has 37 heavy (non-hydrogen) atoms. The minimum atomic E-state index is -0.482. The Kier molecular flexibility index (Phi) is 8.62. The van der Waals surface area contributed by atoms with Gasteiger partial charge in [-0.3, -0.25) is 4.79 Å². The number of ether oxygens (including phenoxy) is 1. The van der Waals surface area contributed by atoms with Crippen molar-refractivity contribution in [2.24, 2.45) is 17.3 Å². The summed E-state index contributed by atoms with van der Waals surface area (Å²) in [7, 11) is 0. The van der Waals surface area contributed by atoms with Gasteiger partial charge in [-0.05, 0) is 40.9 Å². The molecule has 3 aromatic carbocycles. The molecule has 4 rings (SSSR count). The fourth-order valence-corrected chi connectivity index (χ4v) is 5.23. The van der Waals surface area contributed by atoms with Gasteiger partial charge in [0.1, 0.15) is 6.61 Å². The van der Waals surface area contributed by atoms with Crippen LogP contribution in [0.25, 0.3) is 0 Å². The predicted molar refractivity (Wildman–Crippen MR) is 143 cm³/mol. The minimum absolute atomic E-state index is 0.0724. The lowest BCUT2D eigenvalue weighted by Gasteiger charge is -2.28. The zero-order chi connectivity index (χ0) is 26.3. The highest BCUT2D eigenvalue weighted by atomic mass is 16.5. The monoisotopic (exact) mass is 500 g/mol. The van der Waals surface area contributed by atoms with Gasteiger partial charge in [-0.2, -0.15) is 0 Å². The largest absolute Gasteiger partial charge is 0.445 e. The van der Waals surface area contributed by atoms with Crippen LogP contribution in [0.15, 0.2) is 91.0 Å². The van der Waals surface area contributed by atoms with E-state index in [9.17, 15) is 14.7 Å². The van der Waals surface area contributed by atoms with Crippen molar-refractivity contribution < 1.29 is 19.4 Å². The third kappa shape index (κ3) is 6.77. The molecule has 0 radical (unpaired) electrons. The highest BCUT2D eigenvalue weighted by Gasteiger charge is 2.59. The number of hydrogen-bond donors (Lipinski definition) is 3. The lowest BCUT2D eigenvalue weighted by atomic mass is 9.86. The van der Waals surface area contributed by atoms with E-state index in [0.29, 0.717) is 6.42 Å². The highest BCUT2D eigenvalue weighted by molar-refractivity contribution is 5.79. The topological polar surface area (TPSA) is 87.7 Å². The van der Waals surface area contributed by atoms with Crippen molar-refractivity contribution in [3.8, 4) is 0 Å². The maximum absolute atomic E-state index is 13.2. The molecule has 1 aliphatic carbocycles. The number of hydrogen-bond acceptors (Lipinski definition) is 4. The van der Waals surface area contributed by atoms with Crippen molar-refractivity contribution in [1.82, 2.24) is 10.6 Å². The van der Waals surface area contributed by atoms with Gasteiger partial charge in [-0.15, -0.1) is 0 Å². The fraction of sp³-hybridized carbons (Fsp3) is 0.355. The van der Waals surface area contributed by atoms with Crippen LogP contribution in [-0.4, -0.2) is 29.8 Å². The highest BCUT2D eigenvalue weighted by Crippen LogP contribution is 2.63. The number of rotatable bonds is 11. The van der Waals surface area contributed by atoms with E-state index in [1.165, 1.54) is 0 Å². The first-order valence-electron chi connectivity index (χ1n) is 12.9. The van der Waals surface area contributed by atoms with E-state index in [4.69, 9.17) is 4.74 Å². The Morgan fingerprint density at radius 3 is 2.08 bits per heavy atom. The Bertz CT molecular complexity index is 1160. The molecule has 0 bridgehead atoms. The molecular weight excluding hydrogens is 464 g/mol. The van der Waals surface area contributed by atoms with E-state index < -0.39 is 6.09 Å². The number of amides is 2. The van der Waals surface area contributed by atoms with Gasteiger partial charge < -0.3 is 20.5 Å². The Balaban J connectivity index is 1.41. The van der Waals surface area contributed by atoms with E-state index in [0.717, 1.165) is 23.1 Å². The lowest BCUT2D eigenvalue weighted by Crippen LogP contribution is -2.43. The molecular formula is C31H36N2O4. The van der Waals surface area contributed by atoms with Crippen LogP contribution in [0.5, 0.6) is 0 Å². The van der Waals surface area contributed by atoms with Crippen LogP contribution in [0.4, 0.5) is 4.79 Å². The number of aliphatic hydroxyl groups is 1. The molecule has 0 saturated heterocycles. The second kappa shape index (κ2) is 12.1. The number of carbonyl (C=O) groups excluding carboxylic acids is 2. The molecule has 0 heterocycles. The molecule has 194 valence electrons. The summed E-state index contributed by atoms with van der Waals surface area (Å²) >= 11 is 0. The first-order valence-corrected chi connectivity index (χ1v) is 12.9.